The molecular formula is C18H20N2. The molecule has 0 bridgehead atoms. The maximum atomic E-state index is 5.82. The highest BCUT2D eigenvalue weighted by Crippen LogP contribution is 2.21. The molecule has 0 aliphatic heterocycles. The van der Waals surface area contributed by atoms with E-state index < -0.39 is 0 Å². The van der Waals surface area contributed by atoms with Gasteiger partial charge in [0.15, 0.2) is 0 Å². The fraction of sp³-hybridized carbons (Fsp3) is 0.222. The molecule has 0 aromatic heterocycles. The molecule has 2 heteroatoms. The van der Waals surface area contributed by atoms with Gasteiger partial charge in [0.05, 0.1) is 0 Å². The highest BCUT2D eigenvalue weighted by atomic mass is 14.9. The van der Waals surface area contributed by atoms with Crippen molar-refractivity contribution in [1.29, 1.82) is 0 Å². The smallest absolute Gasteiger partial charge is 0.0444 e. The highest BCUT2D eigenvalue weighted by molar-refractivity contribution is 5.63. The van der Waals surface area contributed by atoms with Crippen LogP contribution >= 0.6 is 0 Å². The first-order valence-electron chi connectivity index (χ1n) is 6.87. The highest BCUT2D eigenvalue weighted by Gasteiger charge is 2.08. The van der Waals surface area contributed by atoms with Gasteiger partial charge >= 0.3 is 0 Å². The third-order valence-electron chi connectivity index (χ3n) is 3.32. The van der Waals surface area contributed by atoms with Crippen LogP contribution in [0.15, 0.2) is 54.6 Å². The first-order chi connectivity index (χ1) is 9.85. The molecule has 3 N–H and O–H groups in total. The van der Waals surface area contributed by atoms with Crippen LogP contribution in [-0.4, -0.2) is 13.1 Å². The molecule has 0 saturated carbocycles. The molecule has 0 amide bonds. The van der Waals surface area contributed by atoms with Crippen molar-refractivity contribution < 1.29 is 0 Å². The van der Waals surface area contributed by atoms with Crippen molar-refractivity contribution in [3.63, 3.8) is 0 Å². The van der Waals surface area contributed by atoms with E-state index in [0.29, 0.717) is 6.54 Å². The van der Waals surface area contributed by atoms with E-state index in [2.05, 4.69) is 47.6 Å². The number of benzene rings is 2. The molecular weight excluding hydrogens is 244 g/mol. The summed E-state index contributed by atoms with van der Waals surface area (Å²) in [5.74, 6) is 2.63. The average molecular weight is 264 g/mol. The van der Waals surface area contributed by atoms with Crippen molar-refractivity contribution >= 4 is 0 Å². The Hall–Kier alpha value is -2.08. The van der Waals surface area contributed by atoms with Crippen LogP contribution in [0.5, 0.6) is 0 Å². The number of hydrogen-bond acceptors (Lipinski definition) is 2. The van der Waals surface area contributed by atoms with E-state index in [1.54, 1.807) is 0 Å². The van der Waals surface area contributed by atoms with Gasteiger partial charge in [-0.15, -0.1) is 12.3 Å². The van der Waals surface area contributed by atoms with E-state index in [0.717, 1.165) is 13.0 Å². The molecule has 0 radical (unpaired) electrons. The number of nitrogens with one attached hydrogen (secondary N) is 1. The zero-order valence-electron chi connectivity index (χ0n) is 11.5. The van der Waals surface area contributed by atoms with Crippen LogP contribution in [-0.2, 0) is 0 Å². The molecule has 1 atom stereocenters. The minimum atomic E-state index is 0.160. The largest absolute Gasteiger partial charge is 0.329 e. The van der Waals surface area contributed by atoms with Crippen molar-refractivity contribution in [1.82, 2.24) is 5.32 Å². The minimum absolute atomic E-state index is 0.160. The zero-order valence-corrected chi connectivity index (χ0v) is 11.5. The predicted octanol–water partition coefficient (Wildman–Crippen LogP) is 2.97. The van der Waals surface area contributed by atoms with Gasteiger partial charge in [0.1, 0.15) is 0 Å². The molecule has 2 aromatic rings. The third-order valence-corrected chi connectivity index (χ3v) is 3.32. The van der Waals surface area contributed by atoms with Crippen LogP contribution in [0.1, 0.15) is 18.0 Å². The van der Waals surface area contributed by atoms with E-state index >= 15 is 0 Å². The summed E-state index contributed by atoms with van der Waals surface area (Å²) >= 11 is 0. The van der Waals surface area contributed by atoms with Gasteiger partial charge in [-0.3, -0.25) is 0 Å². The van der Waals surface area contributed by atoms with E-state index in [1.165, 1.54) is 16.7 Å². The number of nitrogens with two attached hydrogens (primary N) is 1. The quantitative estimate of drug-likeness (QED) is 0.622. The van der Waals surface area contributed by atoms with Crippen LogP contribution in [0.25, 0.3) is 11.1 Å². The Labute approximate surface area is 121 Å². The molecule has 20 heavy (non-hydrogen) atoms. The van der Waals surface area contributed by atoms with Crippen LogP contribution in [0.4, 0.5) is 0 Å². The summed E-state index contributed by atoms with van der Waals surface area (Å²) in [5, 5.41) is 3.38. The molecule has 2 nitrogen and oxygen atoms in total. The standard InChI is InChI=1S/C18H20N2/c1-2-3-13-20-18(14-19)17-11-9-16(10-12-17)15-7-5-4-6-8-15/h1,4-12,18,20H,3,13-14,19H2. The third kappa shape index (κ3) is 3.71. The lowest BCUT2D eigenvalue weighted by Crippen LogP contribution is -2.28. The second kappa shape index (κ2) is 7.49. The zero-order chi connectivity index (χ0) is 14.2. The first kappa shape index (κ1) is 14.3. The first-order valence-corrected chi connectivity index (χ1v) is 6.87. The SMILES string of the molecule is C#CCCNC(CN)c1ccc(-c2ccccc2)cc1. The Morgan fingerprint density at radius 2 is 1.65 bits per heavy atom. The number of terminal acetylenes is 1. The van der Waals surface area contributed by atoms with Crippen molar-refractivity contribution in [3.05, 3.63) is 60.2 Å². The minimum Gasteiger partial charge on any atom is -0.329 e. The van der Waals surface area contributed by atoms with E-state index in [1.807, 2.05) is 18.2 Å². The fourth-order valence-electron chi connectivity index (χ4n) is 2.19. The molecule has 0 saturated heterocycles. The van der Waals surface area contributed by atoms with E-state index in [4.69, 9.17) is 12.2 Å². The normalized spacial score (nSPS) is 11.8. The molecule has 0 fully saturated rings. The lowest BCUT2D eigenvalue weighted by molar-refractivity contribution is 0.551. The summed E-state index contributed by atoms with van der Waals surface area (Å²) in [6, 6.07) is 19.0. The van der Waals surface area contributed by atoms with Gasteiger partial charge in [0.2, 0.25) is 0 Å². The lowest BCUT2D eigenvalue weighted by atomic mass is 10.0. The summed E-state index contributed by atoms with van der Waals surface area (Å²) in [6.45, 7) is 1.36. The summed E-state index contributed by atoms with van der Waals surface area (Å²) in [4.78, 5) is 0. The summed E-state index contributed by atoms with van der Waals surface area (Å²) in [5.41, 5.74) is 9.46. The van der Waals surface area contributed by atoms with E-state index in [-0.39, 0.29) is 6.04 Å². The topological polar surface area (TPSA) is 38.0 Å². The summed E-state index contributed by atoms with van der Waals surface area (Å²) < 4.78 is 0. The monoisotopic (exact) mass is 264 g/mol. The Morgan fingerprint density at radius 3 is 2.25 bits per heavy atom. The number of hydrogen-bond donors (Lipinski definition) is 2. The molecule has 2 aromatic carbocycles. The van der Waals surface area contributed by atoms with Crippen LogP contribution < -0.4 is 11.1 Å². The predicted molar refractivity (Wildman–Crippen MR) is 85.1 cm³/mol. The van der Waals surface area contributed by atoms with Gasteiger partial charge in [0.25, 0.3) is 0 Å². The Balaban J connectivity index is 2.09. The Bertz CT molecular complexity index is 552. The maximum absolute atomic E-state index is 5.82. The summed E-state index contributed by atoms with van der Waals surface area (Å²) in [7, 11) is 0. The molecule has 1 unspecified atom stereocenters. The van der Waals surface area contributed by atoms with Crippen molar-refractivity contribution in [2.75, 3.05) is 13.1 Å². The molecule has 0 spiro atoms. The van der Waals surface area contributed by atoms with E-state index in [9.17, 15) is 0 Å². The van der Waals surface area contributed by atoms with Crippen LogP contribution in [0, 0.1) is 12.3 Å². The molecule has 0 aliphatic carbocycles. The Morgan fingerprint density at radius 1 is 1.00 bits per heavy atom. The van der Waals surface area contributed by atoms with Gasteiger partial charge < -0.3 is 11.1 Å². The van der Waals surface area contributed by atoms with Gasteiger partial charge in [0, 0.05) is 25.6 Å². The van der Waals surface area contributed by atoms with Gasteiger partial charge in [-0.05, 0) is 16.7 Å². The van der Waals surface area contributed by atoms with Crippen molar-refractivity contribution in [3.8, 4) is 23.5 Å². The molecule has 102 valence electrons. The van der Waals surface area contributed by atoms with Crippen LogP contribution in [0.2, 0.25) is 0 Å². The van der Waals surface area contributed by atoms with Gasteiger partial charge in [-0.2, -0.15) is 0 Å². The summed E-state index contributed by atoms with van der Waals surface area (Å²) in [6.07, 6.45) is 5.98. The second-order valence-corrected chi connectivity index (χ2v) is 4.68. The van der Waals surface area contributed by atoms with Crippen LogP contribution in [0.3, 0.4) is 0 Å². The van der Waals surface area contributed by atoms with Gasteiger partial charge in [-0.25, -0.2) is 0 Å². The molecule has 0 aliphatic rings. The molecule has 0 heterocycles. The van der Waals surface area contributed by atoms with Crippen molar-refractivity contribution in [2.24, 2.45) is 5.73 Å². The van der Waals surface area contributed by atoms with Crippen molar-refractivity contribution in [2.45, 2.75) is 12.5 Å². The molecule has 2 rings (SSSR count). The number of rotatable bonds is 6. The lowest BCUT2D eigenvalue weighted by Gasteiger charge is -2.17. The second-order valence-electron chi connectivity index (χ2n) is 4.68. The maximum Gasteiger partial charge on any atom is 0.0444 e. The van der Waals surface area contributed by atoms with Gasteiger partial charge in [-0.1, -0.05) is 54.6 Å². The Kier molecular flexibility index (Phi) is 5.37. The average Bonchev–Trinajstić information content (AvgIpc) is 2.53. The fourth-order valence-corrected chi connectivity index (χ4v) is 2.19.